The Morgan fingerprint density at radius 3 is 2.62 bits per heavy atom. The minimum absolute atomic E-state index is 0.164. The van der Waals surface area contributed by atoms with E-state index in [2.05, 4.69) is 15.1 Å². The van der Waals surface area contributed by atoms with Crippen LogP contribution < -0.4 is 15.0 Å². The van der Waals surface area contributed by atoms with Crippen molar-refractivity contribution in [1.29, 1.82) is 0 Å². The molecule has 0 aliphatic carbocycles. The second-order valence-corrected chi connectivity index (χ2v) is 7.97. The van der Waals surface area contributed by atoms with E-state index in [9.17, 15) is 14.0 Å². The Labute approximate surface area is 187 Å². The molecule has 1 N–H and O–H groups in total. The van der Waals surface area contributed by atoms with E-state index in [1.54, 1.807) is 25.1 Å². The van der Waals surface area contributed by atoms with Crippen LogP contribution in [0.2, 0.25) is 0 Å². The third-order valence-corrected chi connectivity index (χ3v) is 5.82. The van der Waals surface area contributed by atoms with E-state index in [1.165, 1.54) is 12.1 Å². The van der Waals surface area contributed by atoms with Crippen LogP contribution in [0.25, 0.3) is 0 Å². The quantitative estimate of drug-likeness (QED) is 0.665. The first kappa shape index (κ1) is 22.1. The number of anilines is 2. The van der Waals surface area contributed by atoms with Crippen LogP contribution in [-0.2, 0) is 9.53 Å². The number of fused-ring (bicyclic) bond motifs is 1. The van der Waals surface area contributed by atoms with Crippen LogP contribution in [0.4, 0.5) is 15.8 Å². The molecule has 1 atom stereocenters. The number of hydrogen-bond donors (Lipinski definition) is 1. The third-order valence-electron chi connectivity index (χ3n) is 5.82. The molecule has 2 aromatic rings. The minimum atomic E-state index is -0.583. The molecule has 0 aromatic heterocycles. The van der Waals surface area contributed by atoms with E-state index in [0.717, 1.165) is 44.8 Å². The molecule has 8 heteroatoms. The van der Waals surface area contributed by atoms with Gasteiger partial charge in [0.15, 0.2) is 6.10 Å². The summed E-state index contributed by atoms with van der Waals surface area (Å²) in [6.45, 7) is 6.54. The first-order valence-corrected chi connectivity index (χ1v) is 11.0. The first-order chi connectivity index (χ1) is 15.5. The molecule has 1 fully saturated rings. The molecule has 0 spiro atoms. The highest BCUT2D eigenvalue weighted by atomic mass is 19.1. The van der Waals surface area contributed by atoms with Gasteiger partial charge in [0.1, 0.15) is 11.6 Å². The number of carbonyl (C=O) groups excluding carboxylic acids is 2. The Kier molecular flexibility index (Phi) is 6.90. The molecule has 2 aliphatic rings. The van der Waals surface area contributed by atoms with Crippen molar-refractivity contribution in [3.05, 3.63) is 53.8 Å². The molecular formula is C24H28FN3O4. The number of halogens is 1. The number of ether oxygens (including phenoxy) is 2. The second kappa shape index (κ2) is 9.99. The van der Waals surface area contributed by atoms with E-state index < -0.39 is 12.1 Å². The Morgan fingerprint density at radius 2 is 1.91 bits per heavy atom. The van der Waals surface area contributed by atoms with Gasteiger partial charge in [0.05, 0.1) is 17.9 Å². The van der Waals surface area contributed by atoms with Gasteiger partial charge < -0.3 is 19.7 Å². The maximum absolute atomic E-state index is 13.1. The average Bonchev–Trinajstić information content (AvgIpc) is 2.80. The largest absolute Gasteiger partial charge is 0.478 e. The molecule has 1 unspecified atom stereocenters. The fourth-order valence-electron chi connectivity index (χ4n) is 4.06. The van der Waals surface area contributed by atoms with Crippen molar-refractivity contribution in [2.45, 2.75) is 25.9 Å². The predicted octanol–water partition coefficient (Wildman–Crippen LogP) is 3.30. The number of hydrogen-bond acceptors (Lipinski definition) is 6. The van der Waals surface area contributed by atoms with Crippen molar-refractivity contribution < 1.29 is 23.5 Å². The summed E-state index contributed by atoms with van der Waals surface area (Å²) < 4.78 is 24.1. The lowest BCUT2D eigenvalue weighted by atomic mass is 10.1. The van der Waals surface area contributed by atoms with Crippen molar-refractivity contribution in [2.24, 2.45) is 0 Å². The number of esters is 1. The zero-order chi connectivity index (χ0) is 22.5. The normalized spacial score (nSPS) is 18.5. The van der Waals surface area contributed by atoms with Crippen molar-refractivity contribution in [3.63, 3.8) is 0 Å². The zero-order valence-corrected chi connectivity index (χ0v) is 18.2. The van der Waals surface area contributed by atoms with Crippen LogP contribution in [0.1, 0.15) is 30.1 Å². The fraction of sp³-hybridized carbons (Fsp3) is 0.417. The van der Waals surface area contributed by atoms with Crippen molar-refractivity contribution >= 4 is 23.3 Å². The van der Waals surface area contributed by atoms with Crippen molar-refractivity contribution in [2.75, 3.05) is 49.5 Å². The molecule has 4 rings (SSSR count). The monoisotopic (exact) mass is 441 g/mol. The third kappa shape index (κ3) is 5.19. The lowest BCUT2D eigenvalue weighted by molar-refractivity contribution is -0.123. The van der Waals surface area contributed by atoms with Gasteiger partial charge in [-0.3, -0.25) is 9.69 Å². The molecule has 2 aromatic carbocycles. The molecule has 0 bridgehead atoms. The van der Waals surface area contributed by atoms with Crippen LogP contribution >= 0.6 is 0 Å². The lowest BCUT2D eigenvalue weighted by Gasteiger charge is -2.36. The van der Waals surface area contributed by atoms with Crippen molar-refractivity contribution in [3.8, 4) is 5.75 Å². The van der Waals surface area contributed by atoms with Crippen LogP contribution in [0.3, 0.4) is 0 Å². The topological polar surface area (TPSA) is 71.1 Å². The van der Waals surface area contributed by atoms with Gasteiger partial charge in [-0.05, 0) is 68.8 Å². The highest BCUT2D eigenvalue weighted by Crippen LogP contribution is 2.32. The fourth-order valence-corrected chi connectivity index (χ4v) is 4.06. The molecular weight excluding hydrogens is 413 g/mol. The van der Waals surface area contributed by atoms with Gasteiger partial charge in [-0.1, -0.05) is 0 Å². The molecule has 1 saturated heterocycles. The van der Waals surface area contributed by atoms with Gasteiger partial charge in [-0.25, -0.2) is 9.18 Å². The molecule has 0 saturated carbocycles. The Balaban J connectivity index is 1.25. The molecule has 1 amide bonds. The summed E-state index contributed by atoms with van der Waals surface area (Å²) >= 11 is 0. The Morgan fingerprint density at radius 1 is 1.16 bits per heavy atom. The highest BCUT2D eigenvalue weighted by Gasteiger charge is 2.28. The first-order valence-electron chi connectivity index (χ1n) is 11.0. The molecule has 32 heavy (non-hydrogen) atoms. The number of nitrogens with one attached hydrogen (secondary N) is 1. The summed E-state index contributed by atoms with van der Waals surface area (Å²) in [7, 11) is 0. The number of benzene rings is 2. The summed E-state index contributed by atoms with van der Waals surface area (Å²) in [5.41, 5.74) is 2.01. The summed E-state index contributed by atoms with van der Waals surface area (Å²) in [5.74, 6) is -0.302. The average molecular weight is 442 g/mol. The number of nitrogens with zero attached hydrogens (tertiary/aromatic N) is 2. The van der Waals surface area contributed by atoms with E-state index in [0.29, 0.717) is 30.0 Å². The van der Waals surface area contributed by atoms with Crippen LogP contribution in [0.15, 0.2) is 42.5 Å². The van der Waals surface area contributed by atoms with E-state index in [4.69, 9.17) is 9.47 Å². The standard InChI is InChI=1S/C24H28FN3O4/c1-2-31-24(30)17-5-10-20-22(16-17)32-21(23(29)26-20)4-3-11-27-12-14-28(15-13-27)19-8-6-18(25)7-9-19/h5-10,16,21H,2-4,11-15H2,1H3,(H,26,29). The minimum Gasteiger partial charge on any atom is -0.478 e. The van der Waals surface area contributed by atoms with Gasteiger partial charge in [0, 0.05) is 31.9 Å². The summed E-state index contributed by atoms with van der Waals surface area (Å²) in [5, 5.41) is 2.86. The molecule has 7 nitrogen and oxygen atoms in total. The van der Waals surface area contributed by atoms with Crippen LogP contribution in [0.5, 0.6) is 5.75 Å². The highest BCUT2D eigenvalue weighted by molar-refractivity contribution is 5.99. The van der Waals surface area contributed by atoms with Crippen molar-refractivity contribution in [1.82, 2.24) is 4.90 Å². The number of carbonyl (C=O) groups is 2. The maximum Gasteiger partial charge on any atom is 0.338 e. The van der Waals surface area contributed by atoms with Gasteiger partial charge in [0.25, 0.3) is 5.91 Å². The molecule has 170 valence electrons. The Bertz CT molecular complexity index is 958. The summed E-state index contributed by atoms with van der Waals surface area (Å²) in [6, 6.07) is 11.5. The number of piperazine rings is 1. The lowest BCUT2D eigenvalue weighted by Crippen LogP contribution is -2.47. The van der Waals surface area contributed by atoms with Gasteiger partial charge in [0.2, 0.25) is 0 Å². The maximum atomic E-state index is 13.1. The van der Waals surface area contributed by atoms with Gasteiger partial charge in [-0.15, -0.1) is 0 Å². The zero-order valence-electron chi connectivity index (χ0n) is 18.2. The smallest absolute Gasteiger partial charge is 0.338 e. The molecule has 2 aliphatic heterocycles. The summed E-state index contributed by atoms with van der Waals surface area (Å²) in [6.07, 6.45) is 0.828. The van der Waals surface area contributed by atoms with Crippen LogP contribution in [-0.4, -0.2) is 62.2 Å². The predicted molar refractivity (Wildman–Crippen MR) is 120 cm³/mol. The molecule has 2 heterocycles. The SMILES string of the molecule is CCOC(=O)c1ccc2c(c1)OC(CCCN1CCN(c3ccc(F)cc3)CC1)C(=O)N2. The summed E-state index contributed by atoms with van der Waals surface area (Å²) in [4.78, 5) is 29.0. The Hall–Kier alpha value is -3.13. The van der Waals surface area contributed by atoms with E-state index >= 15 is 0 Å². The van der Waals surface area contributed by atoms with E-state index in [-0.39, 0.29) is 11.7 Å². The van der Waals surface area contributed by atoms with Crippen LogP contribution in [0, 0.1) is 5.82 Å². The van der Waals surface area contributed by atoms with E-state index in [1.807, 2.05) is 12.1 Å². The molecule has 0 radical (unpaired) electrons. The van der Waals surface area contributed by atoms with Gasteiger partial charge >= 0.3 is 5.97 Å². The number of amides is 1. The van der Waals surface area contributed by atoms with Gasteiger partial charge in [-0.2, -0.15) is 0 Å². The number of rotatable bonds is 7. The second-order valence-electron chi connectivity index (χ2n) is 7.97.